The molecule has 0 bridgehead atoms. The van der Waals surface area contributed by atoms with Crippen molar-refractivity contribution in [1.29, 1.82) is 0 Å². The zero-order valence-corrected chi connectivity index (χ0v) is 42.9. The average Bonchev–Trinajstić information content (AvgIpc) is 3.98. The molecule has 0 spiro atoms. The van der Waals surface area contributed by atoms with Crippen LogP contribution < -0.4 is 4.90 Å². The van der Waals surface area contributed by atoms with Gasteiger partial charge in [0.2, 0.25) is 0 Å². The maximum atomic E-state index is 5.17. The van der Waals surface area contributed by atoms with Crippen LogP contribution >= 0.6 is 0 Å². The van der Waals surface area contributed by atoms with Crippen LogP contribution in [0, 0.1) is 12.1 Å². The molecule has 0 atom stereocenters. The zero-order valence-electron chi connectivity index (χ0n) is 40.6. The number of nitrogens with zero attached hydrogens (tertiary/aromatic N) is 5. The zero-order chi connectivity index (χ0) is 48.0. The smallest absolute Gasteiger partial charge is 0.168 e. The van der Waals surface area contributed by atoms with Crippen LogP contribution in [0.5, 0.6) is 0 Å². The summed E-state index contributed by atoms with van der Waals surface area (Å²) in [6.45, 7) is 9.14. The van der Waals surface area contributed by atoms with Gasteiger partial charge in [-0.2, -0.15) is 16.7 Å². The van der Waals surface area contributed by atoms with E-state index >= 15 is 0 Å². The van der Waals surface area contributed by atoms with Gasteiger partial charge in [0.15, 0.2) is 17.4 Å². The first kappa shape index (κ1) is 46.3. The van der Waals surface area contributed by atoms with Gasteiger partial charge in [0.05, 0.1) is 5.69 Å². The molecular weight excluding hydrogens is 1060 g/mol. The van der Waals surface area contributed by atoms with Crippen LogP contribution in [0.3, 0.4) is 0 Å². The van der Waals surface area contributed by atoms with Crippen molar-refractivity contribution < 1.29 is 21.1 Å². The summed E-state index contributed by atoms with van der Waals surface area (Å²) in [6, 6.07) is 86.1. The monoisotopic (exact) mass is 1110 g/mol. The fraction of sp³-hybridized carbons (Fsp3) is 0.0909. The third-order valence-electron chi connectivity index (χ3n) is 13.8. The van der Waals surface area contributed by atoms with Crippen LogP contribution in [-0.2, 0) is 21.1 Å². The van der Waals surface area contributed by atoms with Gasteiger partial charge in [-0.05, 0) is 80.9 Å². The number of rotatable bonds is 11. The SMILES string of the molecule is CC(C)c1cccc(C(C)C)c1-c1ccnc(-n2c3[c-]c(N(c4[c-]c(-n5[cH+]n(-c6ccccc6)c6ccccc65)ccc4)c4c(-c5ccccc5)cccc4-c4ccccc4)ccc3c3ccccc32)c1.[Pt]. The molecule has 0 saturated carbocycles. The van der Waals surface area contributed by atoms with Crippen molar-refractivity contribution in [2.24, 2.45) is 0 Å². The fourth-order valence-corrected chi connectivity index (χ4v) is 10.5. The first-order chi connectivity index (χ1) is 34.9. The van der Waals surface area contributed by atoms with Crippen LogP contribution in [0.1, 0.15) is 50.7 Å². The molecule has 5 nitrogen and oxygen atoms in total. The summed E-state index contributed by atoms with van der Waals surface area (Å²) >= 11 is 0. The molecule has 12 rings (SSSR count). The summed E-state index contributed by atoms with van der Waals surface area (Å²) in [7, 11) is 0. The minimum absolute atomic E-state index is 0. The van der Waals surface area contributed by atoms with Crippen LogP contribution in [0.25, 0.3) is 83.4 Å². The minimum Gasteiger partial charge on any atom is -0.357 e. The normalized spacial score (nSPS) is 11.5. The van der Waals surface area contributed by atoms with Crippen LogP contribution in [-0.4, -0.2) is 18.7 Å². The summed E-state index contributed by atoms with van der Waals surface area (Å²) in [5.74, 6) is 1.55. The third kappa shape index (κ3) is 8.24. The third-order valence-corrected chi connectivity index (χ3v) is 13.8. The molecule has 0 aliphatic rings. The minimum atomic E-state index is 0. The molecule has 0 fully saturated rings. The van der Waals surface area contributed by atoms with Crippen molar-refractivity contribution >= 4 is 49.9 Å². The van der Waals surface area contributed by atoms with E-state index in [4.69, 9.17) is 4.98 Å². The van der Waals surface area contributed by atoms with E-state index < -0.39 is 0 Å². The van der Waals surface area contributed by atoms with E-state index in [2.05, 4.69) is 283 Å². The van der Waals surface area contributed by atoms with E-state index in [-0.39, 0.29) is 21.1 Å². The van der Waals surface area contributed by atoms with Gasteiger partial charge in [0.25, 0.3) is 0 Å². The first-order valence-electron chi connectivity index (χ1n) is 24.6. The largest absolute Gasteiger partial charge is 0.357 e. The van der Waals surface area contributed by atoms with Gasteiger partial charge in [-0.3, -0.25) is 0 Å². The molecular formula is C66H52N5Pt-. The number of anilines is 3. The molecule has 0 aliphatic carbocycles. The Kier molecular flexibility index (Phi) is 12.6. The second kappa shape index (κ2) is 19.6. The molecule has 3 heterocycles. The Labute approximate surface area is 436 Å². The Morgan fingerprint density at radius 3 is 1.68 bits per heavy atom. The van der Waals surface area contributed by atoms with E-state index in [1.807, 2.05) is 6.20 Å². The number of fused-ring (bicyclic) bond motifs is 4. The molecule has 72 heavy (non-hydrogen) atoms. The van der Waals surface area contributed by atoms with Gasteiger partial charge >= 0.3 is 0 Å². The number of para-hydroxylation sites is 5. The number of benzene rings is 9. The molecule has 3 aromatic heterocycles. The summed E-state index contributed by atoms with van der Waals surface area (Å²) in [4.78, 5) is 7.53. The number of pyridine rings is 1. The predicted octanol–water partition coefficient (Wildman–Crippen LogP) is 17.5. The van der Waals surface area contributed by atoms with Gasteiger partial charge in [0.1, 0.15) is 11.5 Å². The molecule has 0 amide bonds. The standard InChI is InChI=1S/C66H52N5.Pt/c1-45(2)54-30-19-31-55(46(3)4)65(54)49-39-40-67-64(41-49)71-60-34-15-14-29-58(60)59-38-37-53(43-63(59)71)70(66-56(47-21-8-5-9-22-47)32-20-33-57(66)48-23-10-6-11-24-48)52-28-18-27-51(42-52)69-44-68(50-25-12-7-13-26-50)61-35-16-17-36-62(61)69;/h5-41,44-46H,1-4H3;/q-1;. The Morgan fingerprint density at radius 1 is 0.472 bits per heavy atom. The molecule has 12 aromatic rings. The molecule has 6 heteroatoms. The van der Waals surface area contributed by atoms with Gasteiger partial charge in [0, 0.05) is 61.7 Å². The summed E-state index contributed by atoms with van der Waals surface area (Å²) in [5.41, 5.74) is 18.5. The van der Waals surface area contributed by atoms with Gasteiger partial charge in [-0.15, -0.1) is 29.7 Å². The molecule has 0 saturated heterocycles. The molecule has 0 aliphatic heterocycles. The summed E-state index contributed by atoms with van der Waals surface area (Å²) in [5, 5.41) is 2.24. The van der Waals surface area contributed by atoms with Crippen molar-refractivity contribution in [2.75, 3.05) is 4.90 Å². The summed E-state index contributed by atoms with van der Waals surface area (Å²) < 4.78 is 6.80. The first-order valence-corrected chi connectivity index (χ1v) is 24.6. The number of imidazole rings is 1. The Morgan fingerprint density at radius 2 is 1.03 bits per heavy atom. The van der Waals surface area contributed by atoms with Crippen molar-refractivity contribution in [1.82, 2.24) is 18.7 Å². The average molecular weight is 1110 g/mol. The topological polar surface area (TPSA) is 30.9 Å². The molecule has 9 aromatic carbocycles. The van der Waals surface area contributed by atoms with Crippen molar-refractivity contribution in [3.8, 4) is 50.6 Å². The van der Waals surface area contributed by atoms with Gasteiger partial charge in [-0.1, -0.05) is 196 Å². The number of hydrogen-bond donors (Lipinski definition) is 0. The Balaban J connectivity index is 0.00000560. The second-order valence-electron chi connectivity index (χ2n) is 18.9. The maximum Gasteiger partial charge on any atom is 0.168 e. The van der Waals surface area contributed by atoms with E-state index in [0.717, 1.165) is 94.9 Å². The van der Waals surface area contributed by atoms with Crippen LogP contribution in [0.4, 0.5) is 17.1 Å². The predicted molar refractivity (Wildman–Crippen MR) is 296 cm³/mol. The van der Waals surface area contributed by atoms with Gasteiger partial charge < -0.3 is 9.47 Å². The number of hydrogen-bond acceptors (Lipinski definition) is 2. The summed E-state index contributed by atoms with van der Waals surface area (Å²) in [6.07, 6.45) is 4.15. The molecule has 0 N–H and O–H groups in total. The van der Waals surface area contributed by atoms with E-state index in [0.29, 0.717) is 11.8 Å². The van der Waals surface area contributed by atoms with E-state index in [9.17, 15) is 0 Å². The van der Waals surface area contributed by atoms with Gasteiger partial charge in [-0.25, -0.2) is 9.55 Å². The quantitative estimate of drug-likeness (QED) is 0.121. The molecule has 0 unspecified atom stereocenters. The van der Waals surface area contributed by atoms with Crippen LogP contribution in [0.2, 0.25) is 0 Å². The maximum absolute atomic E-state index is 5.17. The molecule has 0 radical (unpaired) electrons. The Hall–Kier alpha value is -8.11. The fourth-order valence-electron chi connectivity index (χ4n) is 10.5. The van der Waals surface area contributed by atoms with Crippen LogP contribution in [0.15, 0.2) is 231 Å². The second-order valence-corrected chi connectivity index (χ2v) is 18.9. The van der Waals surface area contributed by atoms with Crippen molar-refractivity contribution in [3.63, 3.8) is 0 Å². The van der Waals surface area contributed by atoms with E-state index in [1.165, 1.54) is 16.7 Å². The molecule has 352 valence electrons. The Bertz CT molecular complexity index is 3810. The van der Waals surface area contributed by atoms with Crippen molar-refractivity contribution in [3.05, 3.63) is 254 Å². The van der Waals surface area contributed by atoms with E-state index in [1.54, 1.807) is 0 Å². The number of aromatic nitrogens is 4. The van der Waals surface area contributed by atoms with Crippen molar-refractivity contribution in [2.45, 2.75) is 39.5 Å².